The van der Waals surface area contributed by atoms with E-state index in [1.54, 1.807) is 30.3 Å². The molecule has 4 amide bonds. The number of aromatic hydroxyl groups is 1. The molecular weight excluding hydrogens is 732 g/mol. The number of likely N-dealkylation sites (tertiary alicyclic amines) is 1. The molecule has 47 heavy (non-hydrogen) atoms. The Morgan fingerprint density at radius 2 is 1.62 bits per heavy atom. The van der Waals surface area contributed by atoms with Crippen LogP contribution in [-0.2, 0) is 24.6 Å². The topological polar surface area (TPSA) is 144 Å². The summed E-state index contributed by atoms with van der Waals surface area (Å²) in [6, 6.07) is 18.6. The lowest BCUT2D eigenvalue weighted by atomic mass is 9.44. The lowest BCUT2D eigenvalue weighted by Gasteiger charge is -2.55. The van der Waals surface area contributed by atoms with Gasteiger partial charge in [0.15, 0.2) is 23.1 Å². The Hall–Kier alpha value is -4.35. The van der Waals surface area contributed by atoms with Crippen LogP contribution in [0.4, 0.5) is 4.79 Å². The fourth-order valence-corrected chi connectivity index (χ4v) is 9.37. The highest BCUT2D eigenvalue weighted by Gasteiger charge is 2.66. The van der Waals surface area contributed by atoms with Crippen LogP contribution in [0.3, 0.4) is 0 Å². The Morgan fingerprint density at radius 1 is 0.957 bits per heavy atom. The summed E-state index contributed by atoms with van der Waals surface area (Å²) in [6.07, 6.45) is 3.52. The molecule has 0 aromatic heterocycles. The monoisotopic (exact) mass is 758 g/mol. The minimum absolute atomic E-state index is 0.0762. The number of phenolic OH excluding ortho intramolecular Hbond substituents is 1. The zero-order valence-corrected chi connectivity index (χ0v) is 28.2. The maximum atomic E-state index is 15.1. The first-order chi connectivity index (χ1) is 22.5. The van der Waals surface area contributed by atoms with Crippen molar-refractivity contribution < 1.29 is 33.8 Å². The first-order valence-electron chi connectivity index (χ1n) is 15.1. The number of hydrogen-bond donors (Lipinski definition) is 2. The molecule has 11 heteroatoms. The van der Waals surface area contributed by atoms with Gasteiger partial charge in [0.1, 0.15) is 0 Å². The van der Waals surface area contributed by atoms with Gasteiger partial charge < -0.3 is 15.6 Å². The summed E-state index contributed by atoms with van der Waals surface area (Å²) in [6.45, 7) is 0. The highest BCUT2D eigenvalue weighted by molar-refractivity contribution is 9.13. The lowest BCUT2D eigenvalue weighted by Crippen LogP contribution is -2.59. The minimum atomic E-state index is -1.48. The Morgan fingerprint density at radius 3 is 2.26 bits per heavy atom. The number of phenols is 1. The van der Waals surface area contributed by atoms with Crippen molar-refractivity contribution in [2.24, 2.45) is 29.4 Å². The number of nitrogens with zero attached hydrogens (tertiary/aromatic N) is 1. The molecular formula is C36H28Br2N2O7. The second-order valence-corrected chi connectivity index (χ2v) is 13.9. The van der Waals surface area contributed by atoms with E-state index in [-0.39, 0.29) is 46.0 Å². The summed E-state index contributed by atoms with van der Waals surface area (Å²) >= 11 is 7.13. The largest absolute Gasteiger partial charge is 0.503 e. The van der Waals surface area contributed by atoms with E-state index in [1.165, 1.54) is 13.2 Å². The maximum Gasteiger partial charge on any atom is 0.328 e. The summed E-state index contributed by atoms with van der Waals surface area (Å²) in [7, 11) is 1.41. The molecule has 238 valence electrons. The van der Waals surface area contributed by atoms with Crippen molar-refractivity contribution in [2.45, 2.75) is 24.2 Å². The van der Waals surface area contributed by atoms with Crippen molar-refractivity contribution in [1.29, 1.82) is 0 Å². The number of imide groups is 3. The second-order valence-electron chi connectivity index (χ2n) is 12.3. The van der Waals surface area contributed by atoms with E-state index in [1.807, 2.05) is 42.5 Å². The number of ketones is 2. The Labute approximate surface area is 286 Å². The molecule has 1 saturated heterocycles. The van der Waals surface area contributed by atoms with Crippen LogP contribution in [0.15, 0.2) is 93.4 Å². The van der Waals surface area contributed by atoms with Crippen LogP contribution in [-0.4, -0.2) is 46.5 Å². The first kappa shape index (κ1) is 31.3. The number of carbonyl (C=O) groups is 5. The van der Waals surface area contributed by atoms with Gasteiger partial charge in [-0.05, 0) is 79.5 Å². The van der Waals surface area contributed by atoms with Gasteiger partial charge in [0.2, 0.25) is 11.8 Å². The molecule has 7 rings (SSSR count). The third kappa shape index (κ3) is 4.35. The first-order valence-corrected chi connectivity index (χ1v) is 16.7. The molecule has 0 radical (unpaired) electrons. The number of carbonyl (C=O) groups excluding carboxylic acids is 5. The number of primary amides is 1. The van der Waals surface area contributed by atoms with Crippen molar-refractivity contribution in [3.05, 3.63) is 110 Å². The molecule has 0 spiro atoms. The van der Waals surface area contributed by atoms with Gasteiger partial charge in [0.25, 0.3) is 0 Å². The van der Waals surface area contributed by atoms with E-state index in [9.17, 15) is 24.3 Å². The molecule has 1 aliphatic heterocycles. The molecule has 2 fully saturated rings. The zero-order chi connectivity index (χ0) is 33.4. The van der Waals surface area contributed by atoms with E-state index in [4.69, 9.17) is 10.5 Å². The third-order valence-electron chi connectivity index (χ3n) is 10.3. The van der Waals surface area contributed by atoms with Crippen LogP contribution in [0.5, 0.6) is 11.5 Å². The molecule has 9 nitrogen and oxygen atoms in total. The van der Waals surface area contributed by atoms with Crippen LogP contribution in [0.2, 0.25) is 0 Å². The number of rotatable bonds is 4. The number of amides is 4. The van der Waals surface area contributed by atoms with Gasteiger partial charge in [-0.3, -0.25) is 19.2 Å². The van der Waals surface area contributed by atoms with Gasteiger partial charge in [-0.15, -0.1) is 0 Å². The van der Waals surface area contributed by atoms with Gasteiger partial charge >= 0.3 is 6.03 Å². The van der Waals surface area contributed by atoms with Gasteiger partial charge in [-0.1, -0.05) is 72.3 Å². The van der Waals surface area contributed by atoms with Crippen molar-refractivity contribution >= 4 is 66.8 Å². The quantitative estimate of drug-likeness (QED) is 0.252. The van der Waals surface area contributed by atoms with Gasteiger partial charge in [0, 0.05) is 21.9 Å². The number of allylic oxidation sites excluding steroid dienone is 4. The molecule has 6 atom stereocenters. The van der Waals surface area contributed by atoms with Crippen molar-refractivity contribution in [1.82, 2.24) is 4.90 Å². The van der Waals surface area contributed by atoms with Gasteiger partial charge in [0.05, 0.1) is 28.8 Å². The molecule has 1 heterocycles. The summed E-state index contributed by atoms with van der Waals surface area (Å²) < 4.78 is 6.26. The summed E-state index contributed by atoms with van der Waals surface area (Å²) in [5.41, 5.74) is 6.72. The minimum Gasteiger partial charge on any atom is -0.503 e. The van der Waals surface area contributed by atoms with E-state index in [0.29, 0.717) is 31.6 Å². The molecule has 3 aromatic rings. The van der Waals surface area contributed by atoms with Crippen molar-refractivity contribution in [3.63, 3.8) is 0 Å². The summed E-state index contributed by atoms with van der Waals surface area (Å²) in [4.78, 5) is 70.0. The standard InChI is InChI=1S/C36H28Br2N2O7/c1-47-25-15-23(29(37)30(38)32(25)43)28-19-12-13-20-27(34(45)40(33(20)44)35(39)46)22(19)14-24-31(42)21(17-8-4-2-5-9-17)16-26(41)36(24,28)18-10-6-3-7-11-18/h2-12,15-16,20,22,24,27-28,43H,13-14H2,1H3,(H2,39,46)/t20-,22+,24-,27-,28+,36-/m0/s1. The Balaban J connectivity index is 1.56. The predicted octanol–water partition coefficient (Wildman–Crippen LogP) is 5.83. The summed E-state index contributed by atoms with van der Waals surface area (Å²) in [5.74, 6) is -6.26. The number of benzene rings is 3. The second kappa shape index (κ2) is 11.4. The number of methoxy groups -OCH3 is 1. The SMILES string of the molecule is COc1cc([C@H]2C3=CC[C@@H]4C(=O)N(C(N)=O)C(=O)[C@@H]4[C@@H]3C[C@H]3C(=O)C(c4ccccc4)=CC(=O)[C@@]23c2ccccc2)c(Br)c(Br)c1O. The predicted molar refractivity (Wildman–Crippen MR) is 178 cm³/mol. The Bertz CT molecular complexity index is 1960. The third-order valence-corrected chi connectivity index (χ3v) is 12.5. The maximum absolute atomic E-state index is 15.1. The van der Waals surface area contributed by atoms with Gasteiger partial charge in [-0.25, -0.2) is 4.79 Å². The zero-order valence-electron chi connectivity index (χ0n) is 25.0. The fraction of sp³-hybridized carbons (Fsp3) is 0.250. The van der Waals surface area contributed by atoms with Crippen molar-refractivity contribution in [3.8, 4) is 11.5 Å². The van der Waals surface area contributed by atoms with Crippen molar-refractivity contribution in [2.75, 3.05) is 7.11 Å². The van der Waals surface area contributed by atoms with E-state index < -0.39 is 52.8 Å². The molecule has 3 aromatic carbocycles. The van der Waals surface area contributed by atoms with Crippen LogP contribution < -0.4 is 10.5 Å². The number of fused-ring (bicyclic) bond motifs is 4. The number of nitrogens with two attached hydrogens (primary N) is 1. The van der Waals surface area contributed by atoms with Crippen LogP contribution in [0.1, 0.15) is 35.4 Å². The normalized spacial score (nSPS) is 28.2. The van der Waals surface area contributed by atoms with E-state index in [2.05, 4.69) is 31.9 Å². The molecule has 3 N–H and O–H groups in total. The highest BCUT2D eigenvalue weighted by atomic mass is 79.9. The fourth-order valence-electron chi connectivity index (χ4n) is 8.41. The molecule has 3 aliphatic carbocycles. The average Bonchev–Trinajstić information content (AvgIpc) is 3.34. The molecule has 0 bridgehead atoms. The lowest BCUT2D eigenvalue weighted by molar-refractivity contribution is -0.137. The molecule has 1 saturated carbocycles. The van der Waals surface area contributed by atoms with E-state index in [0.717, 1.165) is 0 Å². The number of halogens is 2. The van der Waals surface area contributed by atoms with Crippen LogP contribution in [0, 0.1) is 23.7 Å². The highest BCUT2D eigenvalue weighted by Crippen LogP contribution is 2.65. The van der Waals surface area contributed by atoms with Crippen LogP contribution >= 0.6 is 31.9 Å². The summed E-state index contributed by atoms with van der Waals surface area (Å²) in [5, 5.41) is 10.9. The Kier molecular flexibility index (Phi) is 7.59. The average molecular weight is 760 g/mol. The van der Waals surface area contributed by atoms with Crippen LogP contribution in [0.25, 0.3) is 5.57 Å². The number of urea groups is 1. The molecule has 4 aliphatic rings. The smallest absolute Gasteiger partial charge is 0.328 e. The number of ether oxygens (including phenoxy) is 1. The number of Topliss-reactive ketones (excluding diaryl/α,β-unsaturated/α-hetero) is 1. The number of hydrogen-bond acceptors (Lipinski definition) is 7. The van der Waals surface area contributed by atoms with Gasteiger partial charge in [-0.2, -0.15) is 4.90 Å². The van der Waals surface area contributed by atoms with E-state index >= 15 is 4.79 Å². The molecule has 0 unspecified atom stereocenters.